The third-order valence-electron chi connectivity index (χ3n) is 8.38. The number of aromatic nitrogens is 5. The molecule has 3 N–H and O–H groups in total. The standard InChI is InChI=1S/C30H32FN7O/c31-25-4-2-1-3-19(25)16-22-17-21-15-20(5-10-26(21)35-22)28-27-29(32)33-18-34-30(27)38(36-28)24-8-6-23(7-9-24)37-11-13-39-14-12-37/h1-5,10,15,17-18,23-24,35H,6-9,11-14,16H2,(H2,32,33,34). The first-order chi connectivity index (χ1) is 19.1. The fourth-order valence-corrected chi connectivity index (χ4v) is 6.34. The van der Waals surface area contributed by atoms with Crippen LogP contribution >= 0.6 is 0 Å². The molecule has 0 amide bonds. The maximum atomic E-state index is 14.2. The van der Waals surface area contributed by atoms with E-state index in [2.05, 4.69) is 42.7 Å². The molecule has 2 aromatic carbocycles. The molecule has 7 rings (SSSR count). The van der Waals surface area contributed by atoms with Crippen LogP contribution in [0.4, 0.5) is 10.2 Å². The molecule has 5 aromatic rings. The Kier molecular flexibility index (Phi) is 6.25. The van der Waals surface area contributed by atoms with Crippen LogP contribution in [0.2, 0.25) is 0 Å². The number of nitrogens with one attached hydrogen (secondary N) is 1. The Balaban J connectivity index is 1.19. The van der Waals surface area contributed by atoms with E-state index in [1.807, 2.05) is 18.2 Å². The zero-order valence-electron chi connectivity index (χ0n) is 21.8. The summed E-state index contributed by atoms with van der Waals surface area (Å²) in [7, 11) is 0. The minimum Gasteiger partial charge on any atom is -0.383 e. The minimum atomic E-state index is -0.191. The maximum absolute atomic E-state index is 14.2. The van der Waals surface area contributed by atoms with E-state index in [1.165, 1.54) is 12.4 Å². The number of H-pyrrole nitrogens is 1. The second-order valence-corrected chi connectivity index (χ2v) is 10.7. The van der Waals surface area contributed by atoms with Crippen LogP contribution in [-0.4, -0.2) is 62.0 Å². The number of halogens is 1. The van der Waals surface area contributed by atoms with E-state index in [0.717, 1.165) is 90.9 Å². The molecule has 0 radical (unpaired) electrons. The number of ether oxygens (including phenoxy) is 1. The molecule has 1 aliphatic carbocycles. The molecule has 3 aromatic heterocycles. The van der Waals surface area contributed by atoms with Crippen LogP contribution in [0.25, 0.3) is 33.2 Å². The van der Waals surface area contributed by atoms with Crippen molar-refractivity contribution in [1.82, 2.24) is 29.6 Å². The van der Waals surface area contributed by atoms with E-state index < -0.39 is 0 Å². The number of anilines is 1. The molecule has 1 saturated heterocycles. The van der Waals surface area contributed by atoms with Crippen molar-refractivity contribution >= 4 is 27.8 Å². The molecule has 39 heavy (non-hydrogen) atoms. The highest BCUT2D eigenvalue weighted by atomic mass is 19.1. The molecule has 9 heteroatoms. The van der Waals surface area contributed by atoms with Gasteiger partial charge < -0.3 is 15.5 Å². The molecule has 0 spiro atoms. The first-order valence-electron chi connectivity index (χ1n) is 13.8. The largest absolute Gasteiger partial charge is 0.383 e. The van der Waals surface area contributed by atoms with Gasteiger partial charge in [0.25, 0.3) is 0 Å². The van der Waals surface area contributed by atoms with Crippen molar-refractivity contribution in [1.29, 1.82) is 0 Å². The summed E-state index contributed by atoms with van der Waals surface area (Å²) in [6.07, 6.45) is 6.42. The van der Waals surface area contributed by atoms with Gasteiger partial charge in [0.2, 0.25) is 0 Å². The normalized spacial score (nSPS) is 20.6. The smallest absolute Gasteiger partial charge is 0.164 e. The number of nitrogens with two attached hydrogens (primary N) is 1. The number of nitrogens with zero attached hydrogens (tertiary/aromatic N) is 5. The Morgan fingerprint density at radius 1 is 0.974 bits per heavy atom. The van der Waals surface area contributed by atoms with Crippen LogP contribution in [0.1, 0.15) is 43.0 Å². The van der Waals surface area contributed by atoms with Gasteiger partial charge in [-0.15, -0.1) is 0 Å². The molecule has 2 aliphatic rings. The Morgan fingerprint density at radius 3 is 2.59 bits per heavy atom. The van der Waals surface area contributed by atoms with Gasteiger partial charge in [-0.2, -0.15) is 5.10 Å². The van der Waals surface area contributed by atoms with Crippen LogP contribution in [0.15, 0.2) is 54.9 Å². The second-order valence-electron chi connectivity index (χ2n) is 10.7. The molecule has 1 aliphatic heterocycles. The lowest BCUT2D eigenvalue weighted by molar-refractivity contribution is 0.00520. The lowest BCUT2D eigenvalue weighted by Gasteiger charge is -2.38. The van der Waals surface area contributed by atoms with Gasteiger partial charge in [-0.1, -0.05) is 24.3 Å². The molecule has 0 atom stereocenters. The Labute approximate surface area is 226 Å². The zero-order valence-corrected chi connectivity index (χ0v) is 21.8. The quantitative estimate of drug-likeness (QED) is 0.331. The fraction of sp³-hybridized carbons (Fsp3) is 0.367. The molecule has 2 fully saturated rings. The SMILES string of the molecule is Nc1ncnc2c1c(-c1ccc3[nH]c(Cc4ccccc4F)cc3c1)nn2C1CCC(N2CCOCC2)CC1. The number of rotatable bonds is 5. The maximum Gasteiger partial charge on any atom is 0.164 e. The first kappa shape index (κ1) is 24.2. The van der Waals surface area contributed by atoms with Crippen molar-refractivity contribution in [2.24, 2.45) is 0 Å². The number of hydrogen-bond donors (Lipinski definition) is 2. The molecule has 0 unspecified atom stereocenters. The van der Waals surface area contributed by atoms with Crippen molar-refractivity contribution in [3.63, 3.8) is 0 Å². The summed E-state index contributed by atoms with van der Waals surface area (Å²) in [5, 5.41) is 6.96. The van der Waals surface area contributed by atoms with E-state index in [9.17, 15) is 4.39 Å². The van der Waals surface area contributed by atoms with Gasteiger partial charge >= 0.3 is 0 Å². The van der Waals surface area contributed by atoms with Crippen LogP contribution in [0.3, 0.4) is 0 Å². The van der Waals surface area contributed by atoms with Crippen LogP contribution in [0, 0.1) is 5.82 Å². The summed E-state index contributed by atoms with van der Waals surface area (Å²) < 4.78 is 21.9. The Hall–Kier alpha value is -3.82. The molecule has 0 bridgehead atoms. The number of hydrogen-bond acceptors (Lipinski definition) is 6. The van der Waals surface area contributed by atoms with Gasteiger partial charge in [-0.05, 0) is 55.5 Å². The topological polar surface area (TPSA) is 97.9 Å². The highest BCUT2D eigenvalue weighted by Gasteiger charge is 2.30. The number of morpholine rings is 1. The highest BCUT2D eigenvalue weighted by molar-refractivity contribution is 6.00. The van der Waals surface area contributed by atoms with Crippen LogP contribution < -0.4 is 5.73 Å². The van der Waals surface area contributed by atoms with Gasteiger partial charge in [0.05, 0.1) is 24.6 Å². The van der Waals surface area contributed by atoms with E-state index >= 15 is 0 Å². The summed E-state index contributed by atoms with van der Waals surface area (Å²) in [4.78, 5) is 14.9. The van der Waals surface area contributed by atoms with Crippen molar-refractivity contribution in [3.8, 4) is 11.3 Å². The number of aromatic amines is 1. The lowest BCUT2D eigenvalue weighted by Crippen LogP contribution is -2.45. The van der Waals surface area contributed by atoms with Crippen LogP contribution in [-0.2, 0) is 11.2 Å². The summed E-state index contributed by atoms with van der Waals surface area (Å²) in [5.41, 5.74) is 11.6. The van der Waals surface area contributed by atoms with Crippen molar-refractivity contribution in [2.45, 2.75) is 44.2 Å². The lowest BCUT2D eigenvalue weighted by atomic mass is 9.90. The molecule has 8 nitrogen and oxygen atoms in total. The summed E-state index contributed by atoms with van der Waals surface area (Å²) in [5.74, 6) is 0.251. The van der Waals surface area contributed by atoms with E-state index in [-0.39, 0.29) is 11.9 Å². The number of fused-ring (bicyclic) bond motifs is 2. The summed E-state index contributed by atoms with van der Waals surface area (Å²) >= 11 is 0. The highest BCUT2D eigenvalue weighted by Crippen LogP contribution is 2.37. The van der Waals surface area contributed by atoms with Gasteiger partial charge in [-0.25, -0.2) is 19.0 Å². The van der Waals surface area contributed by atoms with Crippen LogP contribution in [0.5, 0.6) is 0 Å². The van der Waals surface area contributed by atoms with Gasteiger partial charge in [0, 0.05) is 47.7 Å². The fourth-order valence-electron chi connectivity index (χ4n) is 6.34. The summed E-state index contributed by atoms with van der Waals surface area (Å²) in [6.45, 7) is 3.72. The van der Waals surface area contributed by atoms with Crippen molar-refractivity contribution in [2.75, 3.05) is 32.0 Å². The Morgan fingerprint density at radius 2 is 1.77 bits per heavy atom. The average Bonchev–Trinajstić information content (AvgIpc) is 3.56. The van der Waals surface area contributed by atoms with E-state index in [4.69, 9.17) is 15.6 Å². The predicted octanol–water partition coefficient (Wildman–Crippen LogP) is 5.10. The Bertz CT molecular complexity index is 1630. The van der Waals surface area contributed by atoms with Gasteiger partial charge in [0.15, 0.2) is 5.65 Å². The minimum absolute atomic E-state index is 0.191. The van der Waals surface area contributed by atoms with E-state index in [0.29, 0.717) is 23.8 Å². The monoisotopic (exact) mass is 525 g/mol. The molecule has 1 saturated carbocycles. The molecular weight excluding hydrogens is 493 g/mol. The summed E-state index contributed by atoms with van der Waals surface area (Å²) in [6, 6.07) is 16.1. The van der Waals surface area contributed by atoms with Gasteiger partial charge in [-0.3, -0.25) is 4.90 Å². The van der Waals surface area contributed by atoms with Gasteiger partial charge in [0.1, 0.15) is 23.7 Å². The second kappa shape index (κ2) is 10.1. The molecule has 4 heterocycles. The number of nitrogen functional groups attached to an aromatic ring is 1. The first-order valence-corrected chi connectivity index (χ1v) is 13.8. The predicted molar refractivity (Wildman–Crippen MR) is 150 cm³/mol. The molecule has 200 valence electrons. The molecular formula is C30H32FN7O. The van der Waals surface area contributed by atoms with E-state index in [1.54, 1.807) is 6.07 Å². The average molecular weight is 526 g/mol. The van der Waals surface area contributed by atoms with Crippen molar-refractivity contribution in [3.05, 3.63) is 71.9 Å². The number of benzene rings is 2. The third-order valence-corrected chi connectivity index (χ3v) is 8.38. The third kappa shape index (κ3) is 4.55. The van der Waals surface area contributed by atoms with Crippen molar-refractivity contribution < 1.29 is 9.13 Å². The zero-order chi connectivity index (χ0) is 26.3.